The van der Waals surface area contributed by atoms with Crippen LogP contribution in [0.1, 0.15) is 20.3 Å². The molecule has 0 amide bonds. The second-order valence-corrected chi connectivity index (χ2v) is 2.68. The van der Waals surface area contributed by atoms with Gasteiger partial charge in [-0.15, -0.1) is 0 Å². The van der Waals surface area contributed by atoms with Gasteiger partial charge in [0.15, 0.2) is 0 Å². The Morgan fingerprint density at radius 1 is 1.44 bits per heavy atom. The second kappa shape index (κ2) is 6.05. The van der Waals surface area contributed by atoms with E-state index < -0.39 is 0 Å². The molecule has 0 atom stereocenters. The summed E-state index contributed by atoms with van der Waals surface area (Å²) in [5.41, 5.74) is 3.72. The molecule has 0 bridgehead atoms. The van der Waals surface area contributed by atoms with E-state index >= 15 is 0 Å². The van der Waals surface area contributed by atoms with Crippen molar-refractivity contribution < 1.29 is 10.5 Å². The molecule has 3 N–H and O–H groups in total. The van der Waals surface area contributed by atoms with Crippen molar-refractivity contribution in [3.8, 4) is 0 Å². The fourth-order valence-electron chi connectivity index (χ4n) is 0.523. The van der Waals surface area contributed by atoms with Crippen molar-refractivity contribution in [2.24, 2.45) is 5.92 Å². The summed E-state index contributed by atoms with van der Waals surface area (Å²) in [5.74, 6) is 0.662. The highest BCUT2D eigenvalue weighted by Gasteiger charge is 1.91. The number of hydrogen-bond donors (Lipinski definition) is 1. The molecule has 2 heteroatoms. The SMILES string of the molecule is CC(C)COCCC[NH3+]. The highest BCUT2D eigenvalue weighted by atomic mass is 16.5. The van der Waals surface area contributed by atoms with Crippen LogP contribution in [-0.4, -0.2) is 19.8 Å². The van der Waals surface area contributed by atoms with Gasteiger partial charge in [-0.1, -0.05) is 13.8 Å². The van der Waals surface area contributed by atoms with Crippen LogP contribution in [0.15, 0.2) is 0 Å². The van der Waals surface area contributed by atoms with E-state index in [9.17, 15) is 0 Å². The van der Waals surface area contributed by atoms with Crippen LogP contribution in [0.3, 0.4) is 0 Å². The molecule has 2 nitrogen and oxygen atoms in total. The summed E-state index contributed by atoms with van der Waals surface area (Å²) < 4.78 is 5.30. The molecule has 0 saturated carbocycles. The quantitative estimate of drug-likeness (QED) is 0.536. The molecule has 56 valence electrons. The Hall–Kier alpha value is -0.0800. The molecule has 0 aliphatic carbocycles. The van der Waals surface area contributed by atoms with Crippen molar-refractivity contribution in [1.82, 2.24) is 0 Å². The van der Waals surface area contributed by atoms with Crippen LogP contribution in [0, 0.1) is 5.92 Å². The van der Waals surface area contributed by atoms with Crippen LogP contribution in [0.4, 0.5) is 0 Å². The summed E-state index contributed by atoms with van der Waals surface area (Å²) in [7, 11) is 0. The van der Waals surface area contributed by atoms with Gasteiger partial charge in [0.1, 0.15) is 0 Å². The van der Waals surface area contributed by atoms with E-state index in [2.05, 4.69) is 19.6 Å². The smallest absolute Gasteiger partial charge is 0.0762 e. The van der Waals surface area contributed by atoms with Crippen LogP contribution in [-0.2, 0) is 4.74 Å². The van der Waals surface area contributed by atoms with E-state index in [0.29, 0.717) is 5.92 Å². The average Bonchev–Trinajstić information content (AvgIpc) is 1.80. The zero-order valence-electron chi connectivity index (χ0n) is 6.52. The summed E-state index contributed by atoms with van der Waals surface area (Å²) in [4.78, 5) is 0. The highest BCUT2D eigenvalue weighted by molar-refractivity contribution is 4.39. The standard InChI is InChI=1S/C7H17NO/c1-7(2)6-9-5-3-4-8/h7H,3-6,8H2,1-2H3/p+1. The largest absolute Gasteiger partial charge is 0.381 e. The molecule has 9 heavy (non-hydrogen) atoms. The zero-order chi connectivity index (χ0) is 7.11. The summed E-state index contributed by atoms with van der Waals surface area (Å²) in [6, 6.07) is 0. The van der Waals surface area contributed by atoms with Gasteiger partial charge in [0, 0.05) is 13.0 Å². The summed E-state index contributed by atoms with van der Waals surface area (Å²) in [5, 5.41) is 0. The van der Waals surface area contributed by atoms with Crippen LogP contribution in [0.5, 0.6) is 0 Å². The van der Waals surface area contributed by atoms with Gasteiger partial charge in [0.2, 0.25) is 0 Å². The van der Waals surface area contributed by atoms with Gasteiger partial charge in [0.05, 0.1) is 13.2 Å². The number of quaternary nitrogens is 1. The molecule has 0 heterocycles. The first-order valence-electron chi connectivity index (χ1n) is 3.64. The first kappa shape index (κ1) is 8.92. The van der Waals surface area contributed by atoms with Gasteiger partial charge in [-0.25, -0.2) is 0 Å². The number of hydrogen-bond acceptors (Lipinski definition) is 1. The molecule has 0 aliphatic rings. The van der Waals surface area contributed by atoms with Crippen molar-refractivity contribution in [3.63, 3.8) is 0 Å². The molecule has 0 rings (SSSR count). The predicted octanol–water partition coefficient (Wildman–Crippen LogP) is 0.291. The van der Waals surface area contributed by atoms with Gasteiger partial charge < -0.3 is 10.5 Å². The van der Waals surface area contributed by atoms with E-state index in [-0.39, 0.29) is 0 Å². The molecule has 0 aliphatic heterocycles. The number of rotatable bonds is 5. The van der Waals surface area contributed by atoms with Crippen LogP contribution in [0.2, 0.25) is 0 Å². The van der Waals surface area contributed by atoms with Crippen molar-refractivity contribution in [2.45, 2.75) is 20.3 Å². The van der Waals surface area contributed by atoms with Gasteiger partial charge in [-0.3, -0.25) is 0 Å². The Morgan fingerprint density at radius 3 is 2.56 bits per heavy atom. The maximum absolute atomic E-state index is 5.30. The maximum Gasteiger partial charge on any atom is 0.0762 e. The van der Waals surface area contributed by atoms with Crippen molar-refractivity contribution >= 4 is 0 Å². The van der Waals surface area contributed by atoms with E-state index in [4.69, 9.17) is 4.74 Å². The minimum Gasteiger partial charge on any atom is -0.381 e. The van der Waals surface area contributed by atoms with E-state index in [1.54, 1.807) is 0 Å². The summed E-state index contributed by atoms with van der Waals surface area (Å²) in [6.07, 6.45) is 1.09. The van der Waals surface area contributed by atoms with Gasteiger partial charge in [-0.05, 0) is 5.92 Å². The highest BCUT2D eigenvalue weighted by Crippen LogP contribution is 1.91. The molecular formula is C7H18NO+. The molecule has 0 unspecified atom stereocenters. The third-order valence-electron chi connectivity index (χ3n) is 0.990. The van der Waals surface area contributed by atoms with Crippen LogP contribution in [0.25, 0.3) is 0 Å². The average molecular weight is 132 g/mol. The maximum atomic E-state index is 5.30. The number of ether oxygens (including phenoxy) is 1. The molecule has 0 aromatic rings. The van der Waals surface area contributed by atoms with E-state index in [1.807, 2.05) is 0 Å². The third kappa shape index (κ3) is 7.92. The minimum absolute atomic E-state index is 0.662. The van der Waals surface area contributed by atoms with Crippen molar-refractivity contribution in [3.05, 3.63) is 0 Å². The lowest BCUT2D eigenvalue weighted by molar-refractivity contribution is -0.369. The summed E-state index contributed by atoms with van der Waals surface area (Å²) >= 11 is 0. The minimum atomic E-state index is 0.662. The fraction of sp³-hybridized carbons (Fsp3) is 1.00. The predicted molar refractivity (Wildman–Crippen MR) is 38.0 cm³/mol. The first-order chi connectivity index (χ1) is 4.27. The molecule has 0 aromatic carbocycles. The first-order valence-corrected chi connectivity index (χ1v) is 3.64. The van der Waals surface area contributed by atoms with Crippen LogP contribution >= 0.6 is 0 Å². The second-order valence-electron chi connectivity index (χ2n) is 2.68. The Kier molecular flexibility index (Phi) is 5.99. The van der Waals surface area contributed by atoms with Crippen LogP contribution < -0.4 is 5.73 Å². The Balaban J connectivity index is 2.75. The van der Waals surface area contributed by atoms with Gasteiger partial charge in [-0.2, -0.15) is 0 Å². The third-order valence-corrected chi connectivity index (χ3v) is 0.990. The monoisotopic (exact) mass is 132 g/mol. The topological polar surface area (TPSA) is 36.9 Å². The Labute approximate surface area is 57.4 Å². The van der Waals surface area contributed by atoms with Crippen molar-refractivity contribution in [2.75, 3.05) is 19.8 Å². The molecule has 0 saturated heterocycles. The van der Waals surface area contributed by atoms with E-state index in [0.717, 1.165) is 26.2 Å². The normalized spacial score (nSPS) is 10.7. The Morgan fingerprint density at radius 2 is 2.11 bits per heavy atom. The zero-order valence-corrected chi connectivity index (χ0v) is 6.52. The lowest BCUT2D eigenvalue weighted by Crippen LogP contribution is -2.50. The summed E-state index contributed by atoms with van der Waals surface area (Å²) in [6.45, 7) is 7.06. The van der Waals surface area contributed by atoms with Gasteiger partial charge >= 0.3 is 0 Å². The molecule has 0 aromatic heterocycles. The molecule has 0 radical (unpaired) electrons. The van der Waals surface area contributed by atoms with E-state index in [1.165, 1.54) is 0 Å². The van der Waals surface area contributed by atoms with Gasteiger partial charge in [0.25, 0.3) is 0 Å². The molecular weight excluding hydrogens is 114 g/mol. The fourth-order valence-corrected chi connectivity index (χ4v) is 0.523. The lowest BCUT2D eigenvalue weighted by atomic mass is 10.2. The Bertz CT molecular complexity index is 54.9. The molecule has 0 spiro atoms. The van der Waals surface area contributed by atoms with Crippen molar-refractivity contribution in [1.29, 1.82) is 0 Å². The lowest BCUT2D eigenvalue weighted by Gasteiger charge is -2.03. The molecule has 0 fully saturated rings.